The molecule has 8 nitrogen and oxygen atoms in total. The van der Waals surface area contributed by atoms with Crippen molar-refractivity contribution in [2.24, 2.45) is 9.98 Å². The first-order valence-electron chi connectivity index (χ1n) is 5.33. The van der Waals surface area contributed by atoms with Gasteiger partial charge in [-0.05, 0) is 37.5 Å². The van der Waals surface area contributed by atoms with Crippen molar-refractivity contribution in [3.8, 4) is 0 Å². The van der Waals surface area contributed by atoms with E-state index in [0.29, 0.717) is 0 Å². The van der Waals surface area contributed by atoms with Gasteiger partial charge in [-0.15, -0.1) is 0 Å². The fourth-order valence-corrected chi connectivity index (χ4v) is 1.48. The van der Waals surface area contributed by atoms with E-state index in [0.717, 1.165) is 0 Å². The third-order valence-electron chi connectivity index (χ3n) is 2.43. The molecule has 0 fully saturated rings. The van der Waals surface area contributed by atoms with Crippen molar-refractivity contribution in [1.29, 1.82) is 0 Å². The van der Waals surface area contributed by atoms with E-state index in [-0.39, 0.29) is 84.8 Å². The largest absolute Gasteiger partial charge is 1.00 e. The Morgan fingerprint density at radius 2 is 1.20 bits per heavy atom. The van der Waals surface area contributed by atoms with Crippen LogP contribution in [0.1, 0.15) is 25.7 Å². The van der Waals surface area contributed by atoms with Crippen molar-refractivity contribution in [2.45, 2.75) is 37.8 Å². The van der Waals surface area contributed by atoms with Gasteiger partial charge in [0, 0.05) is 0 Å². The number of carbonyl (C=O) groups is 2. The third kappa shape index (κ3) is 7.61. The van der Waals surface area contributed by atoms with E-state index in [9.17, 15) is 19.8 Å². The minimum atomic E-state index is -1.29. The van der Waals surface area contributed by atoms with Crippen LogP contribution in [0.3, 0.4) is 0 Å². The second-order valence-corrected chi connectivity index (χ2v) is 3.83. The molecule has 1 heterocycles. The zero-order chi connectivity index (χ0) is 13.7. The van der Waals surface area contributed by atoms with Crippen LogP contribution in [0.5, 0.6) is 0 Å². The van der Waals surface area contributed by atoms with Crippen LogP contribution in [0.15, 0.2) is 9.98 Å². The van der Waals surface area contributed by atoms with Crippen LogP contribution in [-0.4, -0.2) is 46.0 Å². The van der Waals surface area contributed by atoms with Crippen LogP contribution in [0.4, 0.5) is 0 Å². The van der Waals surface area contributed by atoms with Gasteiger partial charge in [-0.3, -0.25) is 9.98 Å². The predicted molar refractivity (Wildman–Crippen MR) is 56.2 cm³/mol. The minimum Gasteiger partial charge on any atom is -0.862 e. The summed E-state index contributed by atoms with van der Waals surface area (Å²) in [7, 11) is 0. The number of carboxylic acids is 2. The van der Waals surface area contributed by atoms with Crippen molar-refractivity contribution in [2.75, 3.05) is 0 Å². The van der Waals surface area contributed by atoms with Crippen LogP contribution in [-0.2, 0) is 9.59 Å². The first-order chi connectivity index (χ1) is 8.40. The molecule has 1 aliphatic heterocycles. The van der Waals surface area contributed by atoms with Crippen LogP contribution in [0.25, 0.3) is 0 Å². The summed E-state index contributed by atoms with van der Waals surface area (Å²) in [6.07, 6.45) is -0.791. The minimum absolute atomic E-state index is 0. The average Bonchev–Trinajstić information content (AvgIpc) is 2.28. The molecule has 0 aromatic rings. The number of nitrogens with zero attached hydrogens (tertiary/aromatic N) is 2. The molecule has 0 spiro atoms. The summed E-state index contributed by atoms with van der Waals surface area (Å²) in [5.41, 5.74) is 0. The molecule has 10 heteroatoms. The SMILES string of the molecule is O=C(O)[C@@H]1CCC([O-])=N[C@H](C(=O)O)CCC([O-])=N1.[Na+].[Na+]. The summed E-state index contributed by atoms with van der Waals surface area (Å²) in [4.78, 5) is 28.4. The molecule has 2 N–H and O–H groups in total. The van der Waals surface area contributed by atoms with E-state index in [1.54, 1.807) is 0 Å². The molecule has 0 amide bonds. The molecular weight excluding hydrogens is 290 g/mol. The van der Waals surface area contributed by atoms with Gasteiger partial charge in [-0.1, -0.05) is 0 Å². The molecule has 0 radical (unpaired) electrons. The maximum atomic E-state index is 11.3. The van der Waals surface area contributed by atoms with E-state index in [4.69, 9.17) is 10.2 Å². The summed E-state index contributed by atoms with van der Waals surface area (Å²) in [6.45, 7) is 0. The molecule has 0 aromatic carbocycles. The molecule has 1 aliphatic rings. The molecule has 2 atom stereocenters. The van der Waals surface area contributed by atoms with Gasteiger partial charge in [0.05, 0.1) is 0 Å². The molecule has 20 heavy (non-hydrogen) atoms. The van der Waals surface area contributed by atoms with E-state index >= 15 is 0 Å². The van der Waals surface area contributed by atoms with Crippen LogP contribution < -0.4 is 69.3 Å². The summed E-state index contributed by atoms with van der Waals surface area (Å²) in [5.74, 6) is -3.94. The Balaban J connectivity index is 0. The Morgan fingerprint density at radius 1 is 0.900 bits per heavy atom. The number of aliphatic imine (C=N–C) groups is 2. The van der Waals surface area contributed by atoms with Gasteiger partial charge >= 0.3 is 71.1 Å². The van der Waals surface area contributed by atoms with Gasteiger partial charge in [-0.2, -0.15) is 0 Å². The number of aliphatic carboxylic acids is 2. The first kappa shape index (κ1) is 22.2. The molecule has 0 saturated carbocycles. The molecule has 0 aromatic heterocycles. The second-order valence-electron chi connectivity index (χ2n) is 3.83. The van der Waals surface area contributed by atoms with Gasteiger partial charge in [0.25, 0.3) is 0 Å². The summed E-state index contributed by atoms with van der Waals surface area (Å²) in [6, 6.07) is -2.53. The monoisotopic (exact) mass is 302 g/mol. The fraction of sp³-hybridized carbons (Fsp3) is 0.600. The van der Waals surface area contributed by atoms with Gasteiger partial charge in [-0.25, -0.2) is 9.59 Å². The molecule has 0 saturated heterocycles. The van der Waals surface area contributed by atoms with Gasteiger partial charge in [0.2, 0.25) is 0 Å². The van der Waals surface area contributed by atoms with E-state index in [1.165, 1.54) is 0 Å². The van der Waals surface area contributed by atoms with Crippen molar-refractivity contribution in [1.82, 2.24) is 0 Å². The predicted octanol–water partition coefficient (Wildman–Crippen LogP) is -8.01. The van der Waals surface area contributed by atoms with E-state index in [2.05, 4.69) is 9.98 Å². The number of rotatable bonds is 2. The molecule has 0 unspecified atom stereocenters. The molecule has 1 rings (SSSR count). The first-order valence-corrected chi connectivity index (χ1v) is 5.33. The third-order valence-corrected chi connectivity index (χ3v) is 2.43. The summed E-state index contributed by atoms with van der Waals surface area (Å²) >= 11 is 0. The molecule has 0 aliphatic carbocycles. The summed E-state index contributed by atoms with van der Waals surface area (Å²) < 4.78 is 0. The molecule has 100 valence electrons. The van der Waals surface area contributed by atoms with Crippen molar-refractivity contribution in [3.05, 3.63) is 0 Å². The van der Waals surface area contributed by atoms with Crippen molar-refractivity contribution in [3.63, 3.8) is 0 Å². The van der Waals surface area contributed by atoms with Crippen LogP contribution in [0, 0.1) is 0 Å². The van der Waals surface area contributed by atoms with E-state index < -0.39 is 35.8 Å². The van der Waals surface area contributed by atoms with Crippen molar-refractivity contribution >= 4 is 23.7 Å². The average molecular weight is 302 g/mol. The smallest absolute Gasteiger partial charge is 0.862 e. The van der Waals surface area contributed by atoms with Crippen LogP contribution >= 0.6 is 0 Å². The summed E-state index contributed by atoms with van der Waals surface area (Å²) in [5, 5.41) is 40.2. The zero-order valence-corrected chi connectivity index (χ0v) is 15.4. The van der Waals surface area contributed by atoms with Gasteiger partial charge < -0.3 is 20.4 Å². The Kier molecular flexibility index (Phi) is 11.7. The zero-order valence-electron chi connectivity index (χ0n) is 11.4. The topological polar surface area (TPSA) is 145 Å². The van der Waals surface area contributed by atoms with E-state index in [1.807, 2.05) is 0 Å². The Bertz CT molecular complexity index is 375. The maximum absolute atomic E-state index is 11.3. The standard InChI is InChI=1S/C10H14N2O6.2Na/c13-7-3-1-5(9(15)16)11-8(14)4-2-6(12-7)10(17)18;;/h5-6H,1-4H2,(H,11,14)(H,12,13)(H,15,16)(H,17,18);;/q;2*+1/p-2/t5-,6-;;/m0../s1. The number of hydrogen-bond donors (Lipinski definition) is 2. The van der Waals surface area contributed by atoms with Gasteiger partial charge in [0.15, 0.2) is 0 Å². The molecule has 0 bridgehead atoms. The fourth-order valence-electron chi connectivity index (χ4n) is 1.48. The molecular formula is C10H12N2Na2O6. The Hall–Kier alpha value is -0.120. The Morgan fingerprint density at radius 3 is 1.45 bits per heavy atom. The number of carboxylic acid groups (broad SMARTS) is 2. The van der Waals surface area contributed by atoms with Gasteiger partial charge in [0.1, 0.15) is 12.1 Å². The normalized spacial score (nSPS) is 23.2. The second kappa shape index (κ2) is 10.6. The Labute approximate surface area is 159 Å². The quantitative estimate of drug-likeness (QED) is 0.484. The van der Waals surface area contributed by atoms with Crippen LogP contribution in [0.2, 0.25) is 0 Å². The van der Waals surface area contributed by atoms with Crippen molar-refractivity contribution < 1.29 is 89.1 Å². The maximum Gasteiger partial charge on any atom is 1.00 e. The number of hydrogen-bond acceptors (Lipinski definition) is 6.